The van der Waals surface area contributed by atoms with Gasteiger partial charge in [-0.3, -0.25) is 4.79 Å². The SMILES string of the molecule is COc1cc(CN)c([C@]23C=CC(=O)C[C@H]2CCC3)cc1OC. The maximum atomic E-state index is 11.8. The number of methoxy groups -OCH3 is 2. The lowest BCUT2D eigenvalue weighted by Gasteiger charge is -2.37. The smallest absolute Gasteiger partial charge is 0.161 e. The van der Waals surface area contributed by atoms with Crippen molar-refractivity contribution in [2.45, 2.75) is 37.6 Å². The van der Waals surface area contributed by atoms with E-state index < -0.39 is 0 Å². The van der Waals surface area contributed by atoms with E-state index in [4.69, 9.17) is 15.2 Å². The number of nitrogens with two attached hydrogens (primary N) is 1. The molecule has 0 radical (unpaired) electrons. The standard InChI is InChI=1S/C18H23NO3/c1-21-16-8-12(11-19)15(10-17(16)22-2)18-6-3-4-13(18)9-14(20)5-7-18/h5,7-8,10,13H,3-4,6,9,11,19H2,1-2H3/t13-,18-/m1/s1. The highest BCUT2D eigenvalue weighted by Crippen LogP contribution is 2.52. The molecule has 0 spiro atoms. The summed E-state index contributed by atoms with van der Waals surface area (Å²) in [5.74, 6) is 2.03. The Morgan fingerprint density at radius 1 is 1.27 bits per heavy atom. The van der Waals surface area contributed by atoms with Gasteiger partial charge in [0.15, 0.2) is 17.3 Å². The summed E-state index contributed by atoms with van der Waals surface area (Å²) in [6, 6.07) is 4.03. The largest absolute Gasteiger partial charge is 0.493 e. The van der Waals surface area contributed by atoms with Gasteiger partial charge < -0.3 is 15.2 Å². The quantitative estimate of drug-likeness (QED) is 0.929. The van der Waals surface area contributed by atoms with Crippen LogP contribution >= 0.6 is 0 Å². The molecule has 0 unspecified atom stereocenters. The Morgan fingerprint density at radius 3 is 2.68 bits per heavy atom. The van der Waals surface area contributed by atoms with Gasteiger partial charge in [0.25, 0.3) is 0 Å². The second-order valence-corrected chi connectivity index (χ2v) is 6.20. The van der Waals surface area contributed by atoms with Crippen LogP contribution in [-0.2, 0) is 16.8 Å². The van der Waals surface area contributed by atoms with Crippen LogP contribution in [0.2, 0.25) is 0 Å². The molecule has 4 nitrogen and oxygen atoms in total. The van der Waals surface area contributed by atoms with Gasteiger partial charge in [-0.1, -0.05) is 12.5 Å². The van der Waals surface area contributed by atoms with Crippen molar-refractivity contribution in [3.63, 3.8) is 0 Å². The van der Waals surface area contributed by atoms with Crippen LogP contribution in [0.4, 0.5) is 0 Å². The van der Waals surface area contributed by atoms with E-state index in [1.165, 1.54) is 5.56 Å². The molecule has 0 amide bonds. The second kappa shape index (κ2) is 5.76. The predicted octanol–water partition coefficient (Wildman–Crippen LogP) is 2.73. The van der Waals surface area contributed by atoms with Crippen LogP contribution in [0.5, 0.6) is 11.5 Å². The summed E-state index contributed by atoms with van der Waals surface area (Å²) in [7, 11) is 3.28. The summed E-state index contributed by atoms with van der Waals surface area (Å²) in [4.78, 5) is 11.8. The number of fused-ring (bicyclic) bond motifs is 1. The van der Waals surface area contributed by atoms with Crippen molar-refractivity contribution >= 4 is 5.78 Å². The van der Waals surface area contributed by atoms with Gasteiger partial charge in [-0.05, 0) is 48.1 Å². The summed E-state index contributed by atoms with van der Waals surface area (Å²) in [6.07, 6.45) is 7.78. The Balaban J connectivity index is 2.17. The highest BCUT2D eigenvalue weighted by molar-refractivity contribution is 5.91. The van der Waals surface area contributed by atoms with Gasteiger partial charge in [-0.2, -0.15) is 0 Å². The first-order chi connectivity index (χ1) is 10.6. The molecule has 118 valence electrons. The first kappa shape index (κ1) is 15.1. The Labute approximate surface area is 131 Å². The van der Waals surface area contributed by atoms with E-state index in [1.807, 2.05) is 6.07 Å². The van der Waals surface area contributed by atoms with Crippen LogP contribution in [-0.4, -0.2) is 20.0 Å². The van der Waals surface area contributed by atoms with E-state index in [0.29, 0.717) is 24.6 Å². The summed E-state index contributed by atoms with van der Waals surface area (Å²) >= 11 is 0. The van der Waals surface area contributed by atoms with Gasteiger partial charge in [0.05, 0.1) is 14.2 Å². The van der Waals surface area contributed by atoms with Crippen molar-refractivity contribution in [3.05, 3.63) is 35.4 Å². The van der Waals surface area contributed by atoms with E-state index in [9.17, 15) is 4.79 Å². The molecule has 2 aliphatic carbocycles. The summed E-state index contributed by atoms with van der Waals surface area (Å²) < 4.78 is 10.9. The number of carbonyl (C=O) groups excluding carboxylic acids is 1. The minimum atomic E-state index is -0.0812. The molecule has 0 saturated heterocycles. The van der Waals surface area contributed by atoms with E-state index in [0.717, 1.165) is 30.6 Å². The van der Waals surface area contributed by atoms with Crippen molar-refractivity contribution < 1.29 is 14.3 Å². The van der Waals surface area contributed by atoms with E-state index in [2.05, 4.69) is 12.1 Å². The van der Waals surface area contributed by atoms with Crippen LogP contribution in [0.25, 0.3) is 0 Å². The number of ether oxygens (including phenoxy) is 2. The van der Waals surface area contributed by atoms with Crippen molar-refractivity contribution in [2.75, 3.05) is 14.2 Å². The van der Waals surface area contributed by atoms with Crippen molar-refractivity contribution in [1.29, 1.82) is 0 Å². The predicted molar refractivity (Wildman–Crippen MR) is 85.2 cm³/mol. The van der Waals surface area contributed by atoms with Crippen molar-refractivity contribution in [3.8, 4) is 11.5 Å². The summed E-state index contributed by atoms with van der Waals surface area (Å²) in [6.45, 7) is 0.450. The first-order valence-corrected chi connectivity index (χ1v) is 7.82. The molecule has 0 aromatic heterocycles. The number of carbonyl (C=O) groups is 1. The van der Waals surface area contributed by atoms with Crippen molar-refractivity contribution in [2.24, 2.45) is 11.7 Å². The Hall–Kier alpha value is -1.81. The molecular weight excluding hydrogens is 278 g/mol. The molecule has 2 aliphatic rings. The van der Waals surface area contributed by atoms with E-state index >= 15 is 0 Å². The molecule has 1 aromatic rings. The molecule has 2 atom stereocenters. The van der Waals surface area contributed by atoms with Crippen LogP contribution in [0.1, 0.15) is 36.8 Å². The van der Waals surface area contributed by atoms with Crippen molar-refractivity contribution in [1.82, 2.24) is 0 Å². The van der Waals surface area contributed by atoms with Gasteiger partial charge in [0.1, 0.15) is 0 Å². The topological polar surface area (TPSA) is 61.5 Å². The highest BCUT2D eigenvalue weighted by atomic mass is 16.5. The summed E-state index contributed by atoms with van der Waals surface area (Å²) in [5, 5.41) is 0. The number of rotatable bonds is 4. The maximum absolute atomic E-state index is 11.8. The fourth-order valence-electron chi connectivity index (χ4n) is 4.13. The van der Waals surface area contributed by atoms with Gasteiger partial charge in [0.2, 0.25) is 0 Å². The molecule has 0 aliphatic heterocycles. The molecule has 2 N–H and O–H groups in total. The average Bonchev–Trinajstić information content (AvgIpc) is 2.97. The Kier molecular flexibility index (Phi) is 3.96. The molecule has 0 bridgehead atoms. The Bertz CT molecular complexity index is 623. The fourth-order valence-corrected chi connectivity index (χ4v) is 4.13. The number of hydrogen-bond donors (Lipinski definition) is 1. The Morgan fingerprint density at radius 2 is 2.00 bits per heavy atom. The molecule has 22 heavy (non-hydrogen) atoms. The zero-order valence-corrected chi connectivity index (χ0v) is 13.2. The van der Waals surface area contributed by atoms with E-state index in [1.54, 1.807) is 20.3 Å². The zero-order chi connectivity index (χ0) is 15.7. The summed E-state index contributed by atoms with van der Waals surface area (Å²) in [5.41, 5.74) is 8.18. The first-order valence-electron chi connectivity index (χ1n) is 7.82. The average molecular weight is 301 g/mol. The van der Waals surface area contributed by atoms with Gasteiger partial charge in [-0.25, -0.2) is 0 Å². The number of benzene rings is 1. The van der Waals surface area contributed by atoms with Gasteiger partial charge in [-0.15, -0.1) is 0 Å². The lowest BCUT2D eigenvalue weighted by atomic mass is 9.66. The molecule has 4 heteroatoms. The normalized spacial score (nSPS) is 26.9. The van der Waals surface area contributed by atoms with Gasteiger partial charge in [0, 0.05) is 18.4 Å². The third-order valence-electron chi connectivity index (χ3n) is 5.22. The maximum Gasteiger partial charge on any atom is 0.161 e. The third kappa shape index (κ3) is 2.22. The fraction of sp³-hybridized carbons (Fsp3) is 0.500. The molecule has 1 aromatic carbocycles. The number of hydrogen-bond acceptors (Lipinski definition) is 4. The molecule has 1 fully saturated rings. The van der Waals surface area contributed by atoms with Gasteiger partial charge >= 0.3 is 0 Å². The lowest BCUT2D eigenvalue weighted by Crippen LogP contribution is -2.34. The molecule has 1 saturated carbocycles. The van der Waals surface area contributed by atoms with Crippen LogP contribution < -0.4 is 15.2 Å². The molecular formula is C18H23NO3. The monoisotopic (exact) mass is 301 g/mol. The van der Waals surface area contributed by atoms with Crippen LogP contribution in [0.15, 0.2) is 24.3 Å². The minimum absolute atomic E-state index is 0.0812. The number of allylic oxidation sites excluding steroid dienone is 2. The van der Waals surface area contributed by atoms with Crippen LogP contribution in [0, 0.1) is 5.92 Å². The second-order valence-electron chi connectivity index (χ2n) is 6.20. The van der Waals surface area contributed by atoms with E-state index in [-0.39, 0.29) is 11.2 Å². The molecule has 3 rings (SSSR count). The lowest BCUT2D eigenvalue weighted by molar-refractivity contribution is -0.116. The molecule has 0 heterocycles. The number of ketones is 1. The highest BCUT2D eigenvalue weighted by Gasteiger charge is 2.46. The zero-order valence-electron chi connectivity index (χ0n) is 13.2. The minimum Gasteiger partial charge on any atom is -0.493 e. The van der Waals surface area contributed by atoms with Crippen LogP contribution in [0.3, 0.4) is 0 Å². The third-order valence-corrected chi connectivity index (χ3v) is 5.22.